The van der Waals surface area contributed by atoms with E-state index >= 15 is 0 Å². The molecular weight excluding hydrogens is 346 g/mol. The zero-order valence-corrected chi connectivity index (χ0v) is 12.2. The van der Waals surface area contributed by atoms with E-state index in [0.29, 0.717) is 20.6 Å². The molecule has 17 heavy (non-hydrogen) atoms. The Morgan fingerprint density at radius 1 is 1.35 bits per heavy atom. The fourth-order valence-corrected chi connectivity index (χ4v) is 5.07. The molecule has 0 atom stereocenters. The summed E-state index contributed by atoms with van der Waals surface area (Å²) < 4.78 is 2.51. The maximum atomic E-state index is 12.2. The van der Waals surface area contributed by atoms with E-state index in [9.17, 15) is 4.79 Å². The van der Waals surface area contributed by atoms with E-state index in [-0.39, 0.29) is 20.3 Å². The zero-order chi connectivity index (χ0) is 12.0. The molecule has 0 aliphatic heterocycles. The van der Waals surface area contributed by atoms with Crippen molar-refractivity contribution in [2.75, 3.05) is 0 Å². The third-order valence-corrected chi connectivity index (χ3v) is 6.68. The van der Waals surface area contributed by atoms with Gasteiger partial charge in [-0.2, -0.15) is 0 Å². The van der Waals surface area contributed by atoms with E-state index in [1.807, 2.05) is 5.38 Å². The van der Waals surface area contributed by atoms with Gasteiger partial charge in [-0.3, -0.25) is 0 Å². The average molecular weight is 350 g/mol. The minimum atomic E-state index is -0.188. The third-order valence-electron chi connectivity index (χ3n) is 2.24. The molecule has 3 aromatic rings. The second kappa shape index (κ2) is 4.26. The molecule has 0 N–H and O–H groups in total. The fraction of sp³-hybridized carbons (Fsp3) is 0. The molecule has 0 saturated heterocycles. The summed E-state index contributed by atoms with van der Waals surface area (Å²) in [6.07, 6.45) is 1.68. The maximum absolute atomic E-state index is 12.2. The molecule has 0 bridgehead atoms. The summed E-state index contributed by atoms with van der Waals surface area (Å²) in [5.41, 5.74) is -0.0477. The van der Waals surface area contributed by atoms with Crippen molar-refractivity contribution in [3.05, 3.63) is 44.1 Å². The molecule has 86 valence electrons. The van der Waals surface area contributed by atoms with Crippen LogP contribution in [-0.2, 0) is 0 Å². The van der Waals surface area contributed by atoms with Crippen LogP contribution in [0.1, 0.15) is 0 Å². The number of hydrogen-bond acceptors (Lipinski definition) is 3. The van der Waals surface area contributed by atoms with E-state index in [4.69, 9.17) is 23.2 Å². The van der Waals surface area contributed by atoms with Gasteiger partial charge in [0, 0.05) is 0 Å². The Morgan fingerprint density at radius 3 is 2.88 bits per heavy atom. The van der Waals surface area contributed by atoms with Crippen molar-refractivity contribution in [1.82, 2.24) is 8.55 Å². The van der Waals surface area contributed by atoms with Gasteiger partial charge < -0.3 is 0 Å². The molecule has 0 amide bonds. The van der Waals surface area contributed by atoms with Crippen LogP contribution in [0.4, 0.5) is 0 Å². The first-order valence-electron chi connectivity index (χ1n) is 4.58. The second-order valence-corrected chi connectivity index (χ2v) is 6.91. The van der Waals surface area contributed by atoms with Crippen LogP contribution in [0.15, 0.2) is 28.5 Å². The van der Waals surface area contributed by atoms with Gasteiger partial charge in [0.2, 0.25) is 0 Å². The summed E-state index contributed by atoms with van der Waals surface area (Å²) in [5, 5.41) is 4.15. The van der Waals surface area contributed by atoms with Crippen LogP contribution in [0.3, 0.4) is 0 Å². The third kappa shape index (κ3) is 1.79. The fourth-order valence-electron chi connectivity index (χ4n) is 1.47. The van der Waals surface area contributed by atoms with Crippen molar-refractivity contribution in [2.24, 2.45) is 0 Å². The van der Waals surface area contributed by atoms with E-state index in [0.717, 1.165) is 4.26 Å². The molecule has 3 rings (SSSR count). The molecule has 3 nitrogen and oxygen atoms in total. The van der Waals surface area contributed by atoms with Gasteiger partial charge in [-0.1, -0.05) is 0 Å². The molecule has 0 saturated carbocycles. The summed E-state index contributed by atoms with van der Waals surface area (Å²) in [4.78, 5) is 16.3. The Hall–Kier alpha value is -0.581. The van der Waals surface area contributed by atoms with Gasteiger partial charge in [0.25, 0.3) is 0 Å². The Morgan fingerprint density at radius 2 is 2.18 bits per heavy atom. The first-order valence-corrected chi connectivity index (χ1v) is 7.84. The average Bonchev–Trinajstić information content (AvgIpc) is 2.92. The number of fused-ring (bicyclic) bond motifs is 1. The van der Waals surface area contributed by atoms with Crippen molar-refractivity contribution in [2.45, 2.75) is 0 Å². The van der Waals surface area contributed by atoms with Crippen LogP contribution in [0.25, 0.3) is 14.8 Å². The SMILES string of the molecule is O=c1c2ccc(Cl)c(Cl)c2[se]n1-c1nccs1. The van der Waals surface area contributed by atoms with Crippen LogP contribution in [0.2, 0.25) is 10.0 Å². The summed E-state index contributed by atoms with van der Waals surface area (Å²) in [7, 11) is 0. The topological polar surface area (TPSA) is 34.9 Å². The number of aromatic nitrogens is 2. The Balaban J connectivity index is 2.41. The van der Waals surface area contributed by atoms with Gasteiger partial charge in [-0.25, -0.2) is 0 Å². The van der Waals surface area contributed by atoms with Crippen LogP contribution in [0.5, 0.6) is 0 Å². The minimum absolute atomic E-state index is 0.0477. The van der Waals surface area contributed by atoms with E-state index < -0.39 is 0 Å². The van der Waals surface area contributed by atoms with Crippen molar-refractivity contribution in [3.8, 4) is 5.13 Å². The Kier molecular flexibility index (Phi) is 2.89. The summed E-state index contributed by atoms with van der Waals surface area (Å²) in [6.45, 7) is 0. The van der Waals surface area contributed by atoms with Gasteiger partial charge in [0.05, 0.1) is 0 Å². The van der Waals surface area contributed by atoms with Gasteiger partial charge in [0.15, 0.2) is 0 Å². The van der Waals surface area contributed by atoms with Crippen molar-refractivity contribution in [3.63, 3.8) is 0 Å². The standard InChI is InChI=1S/C10H4Cl2N2OSSe/c11-6-2-1-5-8(7(6)12)17-14(9(5)15)10-13-3-4-16-10/h1-4H. The number of rotatable bonds is 1. The molecule has 7 heteroatoms. The number of benzene rings is 1. The van der Waals surface area contributed by atoms with Crippen molar-refractivity contribution < 1.29 is 0 Å². The molecule has 0 spiro atoms. The van der Waals surface area contributed by atoms with Gasteiger partial charge in [-0.15, -0.1) is 0 Å². The van der Waals surface area contributed by atoms with Gasteiger partial charge in [-0.05, 0) is 0 Å². The number of nitrogens with zero attached hydrogens (tertiary/aromatic N) is 2. The van der Waals surface area contributed by atoms with Crippen LogP contribution >= 0.6 is 34.5 Å². The number of thiazole rings is 1. The number of hydrogen-bond donors (Lipinski definition) is 0. The van der Waals surface area contributed by atoms with Crippen LogP contribution in [0, 0.1) is 0 Å². The summed E-state index contributed by atoms with van der Waals surface area (Å²) in [6, 6.07) is 3.38. The van der Waals surface area contributed by atoms with E-state index in [2.05, 4.69) is 4.98 Å². The molecule has 0 radical (unpaired) electrons. The normalized spacial score (nSPS) is 11.2. The second-order valence-electron chi connectivity index (χ2n) is 3.24. The first-order chi connectivity index (χ1) is 8.18. The summed E-state index contributed by atoms with van der Waals surface area (Å²) >= 11 is 13.3. The van der Waals surface area contributed by atoms with E-state index in [1.54, 1.807) is 21.9 Å². The molecule has 2 aromatic heterocycles. The predicted molar refractivity (Wildman–Crippen MR) is 72.2 cm³/mol. The Labute approximate surface area is 116 Å². The van der Waals surface area contributed by atoms with E-state index in [1.165, 1.54) is 11.3 Å². The van der Waals surface area contributed by atoms with Crippen molar-refractivity contribution >= 4 is 58.9 Å². The van der Waals surface area contributed by atoms with Crippen LogP contribution in [-0.4, -0.2) is 23.3 Å². The first kappa shape index (κ1) is 11.5. The summed E-state index contributed by atoms with van der Waals surface area (Å²) in [5.74, 6) is 0. The van der Waals surface area contributed by atoms with Gasteiger partial charge >= 0.3 is 117 Å². The quantitative estimate of drug-likeness (QED) is 0.633. The van der Waals surface area contributed by atoms with Crippen molar-refractivity contribution in [1.29, 1.82) is 0 Å². The molecule has 0 aliphatic carbocycles. The molecule has 0 unspecified atom stereocenters. The van der Waals surface area contributed by atoms with Gasteiger partial charge in [0.1, 0.15) is 0 Å². The predicted octanol–water partition coefficient (Wildman–Crippen LogP) is 2.81. The Bertz CT molecular complexity index is 748. The molecule has 1 aromatic carbocycles. The molecule has 0 fully saturated rings. The monoisotopic (exact) mass is 350 g/mol. The van der Waals surface area contributed by atoms with Crippen LogP contribution < -0.4 is 5.56 Å². The molecular formula is C10H4Cl2N2OSSe. The zero-order valence-electron chi connectivity index (χ0n) is 8.18. The molecule has 2 heterocycles. The molecule has 0 aliphatic rings. The number of halogens is 2.